The van der Waals surface area contributed by atoms with Crippen molar-refractivity contribution >= 4 is 17.0 Å². The number of non-ortho nitro benzene ring substituents is 1. The minimum Gasteiger partial charge on any atom is -0.330 e. The Morgan fingerprint density at radius 2 is 2.00 bits per heavy atom. The van der Waals surface area contributed by atoms with Crippen molar-refractivity contribution in [1.82, 2.24) is 10.2 Å². The van der Waals surface area contributed by atoms with Crippen LogP contribution in [0, 0.1) is 10.1 Å². The van der Waals surface area contributed by atoms with Crippen molar-refractivity contribution in [2.75, 3.05) is 6.54 Å². The molecule has 0 atom stereocenters. The van der Waals surface area contributed by atoms with E-state index in [1.54, 1.807) is 12.1 Å². The number of hydrogen-bond acceptors (Lipinski definition) is 6. The Hall–Kier alpha value is -1.86. The summed E-state index contributed by atoms with van der Waals surface area (Å²) in [6.07, 6.45) is 1.70. The molecule has 0 radical (unpaired) electrons. The molecule has 2 aromatic rings. The van der Waals surface area contributed by atoms with Gasteiger partial charge in [-0.3, -0.25) is 10.1 Å². The molecule has 1 heterocycles. The number of nitrogens with two attached hydrogens (primary N) is 1. The molecule has 18 heavy (non-hydrogen) atoms. The molecule has 0 saturated heterocycles. The second kappa shape index (κ2) is 5.65. The first-order valence-electron chi connectivity index (χ1n) is 5.48. The zero-order chi connectivity index (χ0) is 13.0. The van der Waals surface area contributed by atoms with E-state index in [2.05, 4.69) is 10.2 Å². The highest BCUT2D eigenvalue weighted by Gasteiger charge is 2.09. The van der Waals surface area contributed by atoms with Crippen LogP contribution in [0.4, 0.5) is 5.69 Å². The van der Waals surface area contributed by atoms with E-state index in [9.17, 15) is 10.1 Å². The highest BCUT2D eigenvalue weighted by atomic mass is 32.1. The molecule has 0 aliphatic rings. The average Bonchev–Trinajstić information content (AvgIpc) is 2.85. The number of aromatic nitrogens is 2. The van der Waals surface area contributed by atoms with Crippen LogP contribution in [0.1, 0.15) is 11.4 Å². The van der Waals surface area contributed by atoms with E-state index >= 15 is 0 Å². The SMILES string of the molecule is NCCCc1nnc(-c2ccc([N+](=O)[O-])cc2)s1. The van der Waals surface area contributed by atoms with Crippen LogP contribution < -0.4 is 5.73 Å². The van der Waals surface area contributed by atoms with Crippen molar-refractivity contribution in [2.45, 2.75) is 12.8 Å². The number of nitro benzene ring substituents is 1. The minimum absolute atomic E-state index is 0.0756. The summed E-state index contributed by atoms with van der Waals surface area (Å²) in [7, 11) is 0. The number of aryl methyl sites for hydroxylation is 1. The van der Waals surface area contributed by atoms with Crippen LogP contribution in [0.2, 0.25) is 0 Å². The quantitative estimate of drug-likeness (QED) is 0.658. The highest BCUT2D eigenvalue weighted by Crippen LogP contribution is 2.25. The van der Waals surface area contributed by atoms with Crippen molar-refractivity contribution in [3.05, 3.63) is 39.4 Å². The van der Waals surface area contributed by atoms with E-state index in [1.165, 1.54) is 23.5 Å². The van der Waals surface area contributed by atoms with Crippen LogP contribution in [0.25, 0.3) is 10.6 Å². The summed E-state index contributed by atoms with van der Waals surface area (Å²) in [5.41, 5.74) is 6.35. The Labute approximate surface area is 108 Å². The van der Waals surface area contributed by atoms with Crippen LogP contribution in [0.3, 0.4) is 0 Å². The summed E-state index contributed by atoms with van der Waals surface area (Å²) < 4.78 is 0. The second-order valence-corrected chi connectivity index (χ2v) is 4.76. The van der Waals surface area contributed by atoms with Gasteiger partial charge in [0.2, 0.25) is 0 Å². The molecule has 0 saturated carbocycles. The molecular weight excluding hydrogens is 252 g/mol. The summed E-state index contributed by atoms with van der Waals surface area (Å²) in [5, 5.41) is 20.4. The third-order valence-electron chi connectivity index (χ3n) is 2.39. The molecule has 1 aromatic carbocycles. The number of nitro groups is 1. The Morgan fingerprint density at radius 1 is 1.28 bits per heavy atom. The summed E-state index contributed by atoms with van der Waals surface area (Å²) >= 11 is 1.49. The Bertz CT molecular complexity index is 538. The van der Waals surface area contributed by atoms with Gasteiger partial charge in [-0.15, -0.1) is 10.2 Å². The van der Waals surface area contributed by atoms with E-state index in [0.29, 0.717) is 6.54 Å². The molecular formula is C11H12N4O2S. The summed E-state index contributed by atoms with van der Waals surface area (Å²) in [6.45, 7) is 0.631. The summed E-state index contributed by atoms with van der Waals surface area (Å²) in [5.74, 6) is 0. The van der Waals surface area contributed by atoms with Gasteiger partial charge >= 0.3 is 0 Å². The first-order valence-corrected chi connectivity index (χ1v) is 6.29. The zero-order valence-electron chi connectivity index (χ0n) is 9.57. The lowest BCUT2D eigenvalue weighted by Crippen LogP contribution is -1.99. The lowest BCUT2D eigenvalue weighted by atomic mass is 10.2. The lowest BCUT2D eigenvalue weighted by molar-refractivity contribution is -0.384. The number of hydrogen-bond donors (Lipinski definition) is 1. The molecule has 0 fully saturated rings. The monoisotopic (exact) mass is 264 g/mol. The summed E-state index contributed by atoms with van der Waals surface area (Å²) in [4.78, 5) is 10.1. The predicted molar refractivity (Wildman–Crippen MR) is 69.4 cm³/mol. The molecule has 7 heteroatoms. The van der Waals surface area contributed by atoms with Gasteiger partial charge in [0.25, 0.3) is 5.69 Å². The van der Waals surface area contributed by atoms with Gasteiger partial charge in [0, 0.05) is 24.1 Å². The van der Waals surface area contributed by atoms with Gasteiger partial charge in [0.05, 0.1) is 4.92 Å². The van der Waals surface area contributed by atoms with Crippen molar-refractivity contribution < 1.29 is 4.92 Å². The van der Waals surface area contributed by atoms with Gasteiger partial charge in [-0.25, -0.2) is 0 Å². The molecule has 0 bridgehead atoms. The molecule has 2 N–H and O–H groups in total. The van der Waals surface area contributed by atoms with Crippen LogP contribution in [-0.2, 0) is 6.42 Å². The minimum atomic E-state index is -0.420. The molecule has 0 unspecified atom stereocenters. The van der Waals surface area contributed by atoms with E-state index in [4.69, 9.17) is 5.73 Å². The molecule has 0 aliphatic heterocycles. The number of rotatable bonds is 5. The van der Waals surface area contributed by atoms with E-state index in [0.717, 1.165) is 28.4 Å². The van der Waals surface area contributed by atoms with Gasteiger partial charge in [-0.05, 0) is 25.1 Å². The third kappa shape index (κ3) is 2.88. The van der Waals surface area contributed by atoms with Crippen molar-refractivity contribution in [3.63, 3.8) is 0 Å². The highest BCUT2D eigenvalue weighted by molar-refractivity contribution is 7.14. The predicted octanol–water partition coefficient (Wildman–Crippen LogP) is 2.00. The van der Waals surface area contributed by atoms with Crippen LogP contribution in [-0.4, -0.2) is 21.7 Å². The maximum absolute atomic E-state index is 10.5. The number of nitrogens with zero attached hydrogens (tertiary/aromatic N) is 3. The topological polar surface area (TPSA) is 94.9 Å². The van der Waals surface area contributed by atoms with Gasteiger partial charge in [0.15, 0.2) is 0 Å². The van der Waals surface area contributed by atoms with E-state index < -0.39 is 4.92 Å². The standard InChI is InChI=1S/C11H12N4O2S/c12-7-1-2-10-13-14-11(18-10)8-3-5-9(6-4-8)15(16)17/h3-6H,1-2,7,12H2. The maximum atomic E-state index is 10.5. The van der Waals surface area contributed by atoms with Crippen molar-refractivity contribution in [3.8, 4) is 10.6 Å². The lowest BCUT2D eigenvalue weighted by Gasteiger charge is -1.94. The van der Waals surface area contributed by atoms with Gasteiger partial charge in [0.1, 0.15) is 10.0 Å². The van der Waals surface area contributed by atoms with Crippen molar-refractivity contribution in [2.24, 2.45) is 5.73 Å². The molecule has 0 aliphatic carbocycles. The second-order valence-electron chi connectivity index (χ2n) is 3.70. The Morgan fingerprint density at radius 3 is 2.61 bits per heavy atom. The first kappa shape index (κ1) is 12.6. The van der Waals surface area contributed by atoms with Crippen molar-refractivity contribution in [1.29, 1.82) is 0 Å². The normalized spacial score (nSPS) is 10.5. The molecule has 0 spiro atoms. The first-order chi connectivity index (χ1) is 8.70. The van der Waals surface area contributed by atoms with Crippen LogP contribution in [0.15, 0.2) is 24.3 Å². The zero-order valence-corrected chi connectivity index (χ0v) is 10.4. The van der Waals surface area contributed by atoms with Gasteiger partial charge < -0.3 is 5.73 Å². The third-order valence-corrected chi connectivity index (χ3v) is 3.42. The Balaban J connectivity index is 2.15. The molecule has 1 aromatic heterocycles. The van der Waals surface area contributed by atoms with Gasteiger partial charge in [-0.2, -0.15) is 0 Å². The van der Waals surface area contributed by atoms with Gasteiger partial charge in [-0.1, -0.05) is 11.3 Å². The molecule has 2 rings (SSSR count). The summed E-state index contributed by atoms with van der Waals surface area (Å²) in [6, 6.07) is 6.31. The fourth-order valence-electron chi connectivity index (χ4n) is 1.45. The molecule has 6 nitrogen and oxygen atoms in total. The fourth-order valence-corrected chi connectivity index (χ4v) is 2.34. The largest absolute Gasteiger partial charge is 0.330 e. The van der Waals surface area contributed by atoms with E-state index in [1.807, 2.05) is 0 Å². The van der Waals surface area contributed by atoms with E-state index in [-0.39, 0.29) is 5.69 Å². The van der Waals surface area contributed by atoms with Crippen LogP contribution >= 0.6 is 11.3 Å². The molecule has 0 amide bonds. The Kier molecular flexibility index (Phi) is 3.96. The average molecular weight is 264 g/mol. The maximum Gasteiger partial charge on any atom is 0.269 e. The fraction of sp³-hybridized carbons (Fsp3) is 0.273. The molecule has 94 valence electrons. The number of benzene rings is 1. The smallest absolute Gasteiger partial charge is 0.269 e. The van der Waals surface area contributed by atoms with Crippen LogP contribution in [0.5, 0.6) is 0 Å².